The molecule has 8 nitrogen and oxygen atoms in total. The van der Waals surface area contributed by atoms with Crippen LogP contribution >= 0.6 is 34.4 Å². The van der Waals surface area contributed by atoms with Gasteiger partial charge in [-0.05, 0) is 94.5 Å². The van der Waals surface area contributed by atoms with Crippen LogP contribution < -0.4 is 18.9 Å². The number of nitrogens with zero attached hydrogens (tertiary/aromatic N) is 1. The molecule has 1 saturated heterocycles. The van der Waals surface area contributed by atoms with Crippen molar-refractivity contribution in [1.29, 1.82) is 0 Å². The second-order valence-electron chi connectivity index (χ2n) is 7.65. The van der Waals surface area contributed by atoms with Crippen molar-refractivity contribution < 1.29 is 33.3 Å². The summed E-state index contributed by atoms with van der Waals surface area (Å²) in [6.07, 6.45) is 1.61. The summed E-state index contributed by atoms with van der Waals surface area (Å²) in [6, 6.07) is 19.1. The van der Waals surface area contributed by atoms with E-state index in [2.05, 4.69) is 0 Å². The van der Waals surface area contributed by atoms with Crippen molar-refractivity contribution in [2.45, 2.75) is 0 Å². The van der Waals surface area contributed by atoms with Gasteiger partial charge in [-0.1, -0.05) is 18.2 Å². The molecule has 0 spiro atoms. The summed E-state index contributed by atoms with van der Waals surface area (Å²) >= 11 is 2.89. The smallest absolute Gasteiger partial charge is 0.343 e. The van der Waals surface area contributed by atoms with E-state index in [-0.39, 0.29) is 29.0 Å². The minimum absolute atomic E-state index is 0.137. The molecule has 1 fully saturated rings. The molecular weight excluding hydrogens is 609 g/mol. The van der Waals surface area contributed by atoms with E-state index in [0.29, 0.717) is 31.9 Å². The van der Waals surface area contributed by atoms with Crippen LogP contribution in [-0.4, -0.2) is 49.4 Å². The van der Waals surface area contributed by atoms with Gasteiger partial charge in [-0.2, -0.15) is 0 Å². The second-order valence-corrected chi connectivity index (χ2v) is 9.80. The summed E-state index contributed by atoms with van der Waals surface area (Å²) in [5, 5.41) is -0.361. The van der Waals surface area contributed by atoms with Crippen LogP contribution in [0.2, 0.25) is 0 Å². The largest absolute Gasteiger partial charge is 0.497 e. The summed E-state index contributed by atoms with van der Waals surface area (Å²) in [7, 11) is 3.00. The summed E-state index contributed by atoms with van der Waals surface area (Å²) < 4.78 is 22.4. The first-order valence-corrected chi connectivity index (χ1v) is 13.0. The maximum Gasteiger partial charge on any atom is 0.343 e. The van der Waals surface area contributed by atoms with Gasteiger partial charge in [0.1, 0.15) is 18.1 Å². The van der Waals surface area contributed by atoms with Crippen LogP contribution in [0.5, 0.6) is 23.0 Å². The topological polar surface area (TPSA) is 91.4 Å². The number of imide groups is 1. The second kappa shape index (κ2) is 12.2. The average Bonchev–Trinajstić information content (AvgIpc) is 3.17. The van der Waals surface area contributed by atoms with Crippen LogP contribution in [0.4, 0.5) is 4.79 Å². The Morgan fingerprint density at radius 3 is 2.38 bits per heavy atom. The molecule has 0 saturated carbocycles. The third kappa shape index (κ3) is 6.44. The van der Waals surface area contributed by atoms with Crippen LogP contribution in [0, 0.1) is 3.57 Å². The van der Waals surface area contributed by atoms with E-state index in [1.54, 1.807) is 61.7 Å². The van der Waals surface area contributed by atoms with Crippen molar-refractivity contribution in [2.75, 3.05) is 27.4 Å². The highest BCUT2D eigenvalue weighted by Crippen LogP contribution is 2.37. The van der Waals surface area contributed by atoms with Crippen LogP contribution in [-0.2, 0) is 4.79 Å². The number of methoxy groups -OCH3 is 2. The Morgan fingerprint density at radius 2 is 1.70 bits per heavy atom. The van der Waals surface area contributed by atoms with E-state index in [1.165, 1.54) is 7.11 Å². The number of esters is 1. The lowest BCUT2D eigenvalue weighted by Gasteiger charge is -2.13. The average molecular weight is 631 g/mol. The van der Waals surface area contributed by atoms with E-state index < -0.39 is 11.9 Å². The number of benzene rings is 3. The number of carbonyl (C=O) groups is 3. The number of ether oxygens (including phenoxy) is 4. The molecule has 10 heteroatoms. The lowest BCUT2D eigenvalue weighted by atomic mass is 10.1. The molecule has 3 aromatic rings. The van der Waals surface area contributed by atoms with Gasteiger partial charge in [0.2, 0.25) is 0 Å². The highest BCUT2D eigenvalue weighted by atomic mass is 127. The number of para-hydroxylation sites is 1. The van der Waals surface area contributed by atoms with Gasteiger partial charge in [-0.15, -0.1) is 0 Å². The number of hydrogen-bond acceptors (Lipinski definition) is 8. The highest BCUT2D eigenvalue weighted by Gasteiger charge is 2.35. The fourth-order valence-corrected chi connectivity index (χ4v) is 5.02. The number of halogens is 1. The molecule has 190 valence electrons. The first kappa shape index (κ1) is 26.6. The maximum atomic E-state index is 12.9. The number of thioether (sulfide) groups is 1. The zero-order chi connectivity index (χ0) is 26.4. The number of hydrogen-bond donors (Lipinski definition) is 0. The summed E-state index contributed by atoms with van der Waals surface area (Å²) in [5.74, 6) is 0.921. The van der Waals surface area contributed by atoms with Crippen LogP contribution in [0.15, 0.2) is 71.6 Å². The van der Waals surface area contributed by atoms with Crippen molar-refractivity contribution >= 4 is 57.5 Å². The third-order valence-corrected chi connectivity index (χ3v) is 6.98. The van der Waals surface area contributed by atoms with Crippen LogP contribution in [0.25, 0.3) is 6.08 Å². The number of rotatable bonds is 9. The molecule has 1 heterocycles. The highest BCUT2D eigenvalue weighted by molar-refractivity contribution is 14.1. The molecule has 37 heavy (non-hydrogen) atoms. The molecule has 1 aliphatic heterocycles. The van der Waals surface area contributed by atoms with E-state index >= 15 is 0 Å². The van der Waals surface area contributed by atoms with Crippen molar-refractivity contribution in [3.8, 4) is 23.0 Å². The fourth-order valence-electron chi connectivity index (χ4n) is 3.42. The van der Waals surface area contributed by atoms with Gasteiger partial charge in [0.25, 0.3) is 11.1 Å². The molecule has 0 aliphatic carbocycles. The predicted octanol–water partition coefficient (Wildman–Crippen LogP) is 5.64. The normalized spacial score (nSPS) is 14.1. The standard InChI is InChI=1S/C27H22INO7S/c1-33-19-10-8-18(9-11-19)26(31)36-24-21(28)14-17(15-22(24)34-2)16-23-25(30)29(27(32)37-23)12-13-35-20-6-4-3-5-7-20/h3-11,14-16H,12-13H2,1-2H3/b23-16-. The summed E-state index contributed by atoms with van der Waals surface area (Å²) in [4.78, 5) is 39.4. The maximum absolute atomic E-state index is 12.9. The van der Waals surface area contributed by atoms with E-state index in [0.717, 1.165) is 16.7 Å². The van der Waals surface area contributed by atoms with Gasteiger partial charge in [-0.3, -0.25) is 14.5 Å². The van der Waals surface area contributed by atoms with E-state index in [9.17, 15) is 14.4 Å². The van der Waals surface area contributed by atoms with E-state index in [4.69, 9.17) is 18.9 Å². The van der Waals surface area contributed by atoms with Crippen molar-refractivity contribution in [3.05, 3.63) is 86.3 Å². The molecular formula is C27H22INO7S. The molecule has 3 aromatic carbocycles. The third-order valence-electron chi connectivity index (χ3n) is 5.27. The zero-order valence-electron chi connectivity index (χ0n) is 19.9. The zero-order valence-corrected chi connectivity index (χ0v) is 22.9. The minimum atomic E-state index is -0.550. The predicted molar refractivity (Wildman–Crippen MR) is 148 cm³/mol. The van der Waals surface area contributed by atoms with Crippen molar-refractivity contribution in [2.24, 2.45) is 0 Å². The first-order valence-electron chi connectivity index (χ1n) is 11.1. The molecule has 4 rings (SSSR count). The Labute approximate surface area is 231 Å². The van der Waals surface area contributed by atoms with Crippen molar-refractivity contribution in [1.82, 2.24) is 4.90 Å². The van der Waals surface area contributed by atoms with Gasteiger partial charge in [0, 0.05) is 0 Å². The monoisotopic (exact) mass is 631 g/mol. The lowest BCUT2D eigenvalue weighted by Crippen LogP contribution is -2.32. The Kier molecular flexibility index (Phi) is 8.72. The number of amides is 2. The van der Waals surface area contributed by atoms with Gasteiger partial charge >= 0.3 is 5.97 Å². The Bertz CT molecular complexity index is 1340. The van der Waals surface area contributed by atoms with Crippen LogP contribution in [0.3, 0.4) is 0 Å². The van der Waals surface area contributed by atoms with Gasteiger partial charge in [0.15, 0.2) is 11.5 Å². The number of carbonyl (C=O) groups excluding carboxylic acids is 3. The Balaban J connectivity index is 1.47. The summed E-state index contributed by atoms with van der Waals surface area (Å²) in [6.45, 7) is 0.327. The minimum Gasteiger partial charge on any atom is -0.497 e. The van der Waals surface area contributed by atoms with Gasteiger partial charge in [-0.25, -0.2) is 4.79 Å². The quantitative estimate of drug-likeness (QED) is 0.130. The Hall–Kier alpha value is -3.51. The fraction of sp³-hybridized carbons (Fsp3) is 0.148. The molecule has 0 unspecified atom stereocenters. The molecule has 0 bridgehead atoms. The van der Waals surface area contributed by atoms with E-state index in [1.807, 2.05) is 40.8 Å². The molecule has 0 N–H and O–H groups in total. The molecule has 2 amide bonds. The van der Waals surface area contributed by atoms with Gasteiger partial charge in [0.05, 0.1) is 34.8 Å². The Morgan fingerprint density at radius 1 is 0.973 bits per heavy atom. The molecule has 0 aromatic heterocycles. The summed E-state index contributed by atoms with van der Waals surface area (Å²) in [5.41, 5.74) is 0.976. The van der Waals surface area contributed by atoms with Gasteiger partial charge < -0.3 is 18.9 Å². The molecule has 0 radical (unpaired) electrons. The van der Waals surface area contributed by atoms with Crippen molar-refractivity contribution in [3.63, 3.8) is 0 Å². The molecule has 0 atom stereocenters. The first-order chi connectivity index (χ1) is 17.9. The van der Waals surface area contributed by atoms with Crippen LogP contribution in [0.1, 0.15) is 15.9 Å². The SMILES string of the molecule is COc1ccc(C(=O)Oc2c(I)cc(/C=C3\SC(=O)N(CCOc4ccccc4)C3=O)cc2OC)cc1. The lowest BCUT2D eigenvalue weighted by molar-refractivity contribution is -0.123. The molecule has 1 aliphatic rings.